The van der Waals surface area contributed by atoms with Crippen LogP contribution in [0.3, 0.4) is 0 Å². The fraction of sp³-hybridized carbons (Fsp3) is 0.562. The van der Waals surface area contributed by atoms with Crippen molar-refractivity contribution < 1.29 is 14.3 Å². The van der Waals surface area contributed by atoms with Crippen LogP contribution in [0.15, 0.2) is 24.3 Å². The maximum Gasteiger partial charge on any atom is 0.133 e. The second kappa shape index (κ2) is 5.74. The minimum atomic E-state index is 0.271. The van der Waals surface area contributed by atoms with Crippen LogP contribution in [0.4, 0.5) is 0 Å². The number of hydrogen-bond donors (Lipinski definition) is 0. The lowest BCUT2D eigenvalue weighted by Gasteiger charge is -2.28. The largest absolute Gasteiger partial charge is 0.493 e. The van der Waals surface area contributed by atoms with Crippen LogP contribution in [0.1, 0.15) is 43.6 Å². The van der Waals surface area contributed by atoms with E-state index in [0.717, 1.165) is 38.2 Å². The summed E-state index contributed by atoms with van der Waals surface area (Å²) in [6, 6.07) is 8.22. The van der Waals surface area contributed by atoms with E-state index in [4.69, 9.17) is 9.47 Å². The predicted octanol–water partition coefficient (Wildman–Crippen LogP) is 3.08. The Morgan fingerprint density at radius 2 is 1.95 bits per heavy atom. The quantitative estimate of drug-likeness (QED) is 0.837. The molecule has 0 radical (unpaired) electrons. The van der Waals surface area contributed by atoms with Crippen molar-refractivity contribution in [2.24, 2.45) is 0 Å². The van der Waals surface area contributed by atoms with Crippen LogP contribution in [0, 0.1) is 0 Å². The van der Waals surface area contributed by atoms with Gasteiger partial charge in [-0.1, -0.05) is 18.2 Å². The molecule has 3 nitrogen and oxygen atoms in total. The van der Waals surface area contributed by atoms with Crippen molar-refractivity contribution >= 4 is 5.78 Å². The van der Waals surface area contributed by atoms with Crippen molar-refractivity contribution in [2.45, 2.75) is 44.1 Å². The van der Waals surface area contributed by atoms with E-state index in [2.05, 4.69) is 12.1 Å². The summed E-state index contributed by atoms with van der Waals surface area (Å²) in [5.41, 5.74) is 1.26. The molecule has 1 heterocycles. The van der Waals surface area contributed by atoms with Gasteiger partial charge in [-0.25, -0.2) is 0 Å². The normalized spacial score (nSPS) is 23.8. The highest BCUT2D eigenvalue weighted by Gasteiger charge is 2.24. The lowest BCUT2D eigenvalue weighted by molar-refractivity contribution is -0.123. The van der Waals surface area contributed by atoms with Crippen LogP contribution in [-0.4, -0.2) is 25.1 Å². The summed E-state index contributed by atoms with van der Waals surface area (Å²) in [7, 11) is 0. The number of ketones is 1. The zero-order chi connectivity index (χ0) is 13.1. The molecule has 1 fully saturated rings. The van der Waals surface area contributed by atoms with Crippen molar-refractivity contribution in [1.82, 2.24) is 0 Å². The molecule has 0 saturated heterocycles. The molecule has 3 heteroatoms. The third kappa shape index (κ3) is 2.98. The van der Waals surface area contributed by atoms with Crippen LogP contribution in [0.25, 0.3) is 0 Å². The number of hydrogen-bond acceptors (Lipinski definition) is 3. The van der Waals surface area contributed by atoms with Gasteiger partial charge < -0.3 is 9.47 Å². The van der Waals surface area contributed by atoms with E-state index in [1.165, 1.54) is 5.56 Å². The zero-order valence-corrected chi connectivity index (χ0v) is 11.1. The van der Waals surface area contributed by atoms with Gasteiger partial charge >= 0.3 is 0 Å². The Morgan fingerprint density at radius 3 is 2.79 bits per heavy atom. The monoisotopic (exact) mass is 260 g/mol. The highest BCUT2D eigenvalue weighted by atomic mass is 16.5. The maximum atomic E-state index is 11.2. The zero-order valence-electron chi connectivity index (χ0n) is 11.1. The van der Waals surface area contributed by atoms with Gasteiger partial charge in [0.25, 0.3) is 0 Å². The SMILES string of the molecule is O=C1CCC(OCC2CCOc3ccccc32)CC1. The molecule has 2 aliphatic rings. The molecule has 0 spiro atoms. The second-order valence-corrected chi connectivity index (χ2v) is 5.44. The summed E-state index contributed by atoms with van der Waals surface area (Å²) in [5, 5.41) is 0. The Balaban J connectivity index is 1.58. The maximum absolute atomic E-state index is 11.2. The molecule has 1 aromatic carbocycles. The summed E-state index contributed by atoms with van der Waals surface area (Å²) in [6.07, 6.45) is 4.45. The van der Waals surface area contributed by atoms with E-state index in [9.17, 15) is 4.79 Å². The first-order valence-electron chi connectivity index (χ1n) is 7.18. The average Bonchev–Trinajstić information content (AvgIpc) is 2.47. The fourth-order valence-electron chi connectivity index (χ4n) is 2.92. The van der Waals surface area contributed by atoms with Crippen molar-refractivity contribution in [3.63, 3.8) is 0 Å². The van der Waals surface area contributed by atoms with Crippen LogP contribution < -0.4 is 4.74 Å². The topological polar surface area (TPSA) is 35.5 Å². The van der Waals surface area contributed by atoms with Crippen LogP contribution >= 0.6 is 0 Å². The number of para-hydroxylation sites is 1. The molecule has 1 unspecified atom stereocenters. The first kappa shape index (κ1) is 12.7. The molecule has 0 aromatic heterocycles. The van der Waals surface area contributed by atoms with Gasteiger partial charge in [0.15, 0.2) is 0 Å². The number of carbonyl (C=O) groups is 1. The van der Waals surface area contributed by atoms with Gasteiger partial charge in [-0.3, -0.25) is 4.79 Å². The molecule has 1 aliphatic carbocycles. The van der Waals surface area contributed by atoms with E-state index < -0.39 is 0 Å². The molecule has 1 aliphatic heterocycles. The van der Waals surface area contributed by atoms with E-state index >= 15 is 0 Å². The lowest BCUT2D eigenvalue weighted by Crippen LogP contribution is -2.25. The smallest absolute Gasteiger partial charge is 0.133 e. The number of carbonyl (C=O) groups excluding carboxylic acids is 1. The Bertz CT molecular complexity index is 445. The van der Waals surface area contributed by atoms with Gasteiger partial charge in [0.2, 0.25) is 0 Å². The molecule has 0 amide bonds. The van der Waals surface area contributed by atoms with Crippen LogP contribution in [0.5, 0.6) is 5.75 Å². The van der Waals surface area contributed by atoms with E-state index in [1.807, 2.05) is 12.1 Å². The van der Waals surface area contributed by atoms with E-state index in [0.29, 0.717) is 24.5 Å². The molecule has 1 aromatic rings. The number of benzene rings is 1. The molecule has 1 atom stereocenters. The Morgan fingerprint density at radius 1 is 1.16 bits per heavy atom. The number of ether oxygens (including phenoxy) is 2. The number of fused-ring (bicyclic) bond motifs is 1. The lowest BCUT2D eigenvalue weighted by atomic mass is 9.93. The van der Waals surface area contributed by atoms with Crippen molar-refractivity contribution in [3.8, 4) is 5.75 Å². The molecule has 102 valence electrons. The minimum absolute atomic E-state index is 0.271. The van der Waals surface area contributed by atoms with Gasteiger partial charge in [0, 0.05) is 18.8 Å². The molecule has 1 saturated carbocycles. The minimum Gasteiger partial charge on any atom is -0.493 e. The number of Topliss-reactive ketones (excluding diaryl/α,β-unsaturated/α-hetero) is 1. The first-order chi connectivity index (χ1) is 9.33. The van der Waals surface area contributed by atoms with Gasteiger partial charge in [-0.15, -0.1) is 0 Å². The Labute approximate surface area is 113 Å². The summed E-state index contributed by atoms with van der Waals surface area (Å²) in [5.74, 6) is 1.82. The Hall–Kier alpha value is -1.35. The fourth-order valence-corrected chi connectivity index (χ4v) is 2.92. The van der Waals surface area contributed by atoms with Gasteiger partial charge in [-0.05, 0) is 30.9 Å². The first-order valence-corrected chi connectivity index (χ1v) is 7.18. The van der Waals surface area contributed by atoms with E-state index in [1.54, 1.807) is 0 Å². The molecule has 19 heavy (non-hydrogen) atoms. The average molecular weight is 260 g/mol. The third-order valence-corrected chi connectivity index (χ3v) is 4.11. The van der Waals surface area contributed by atoms with Crippen LogP contribution in [-0.2, 0) is 9.53 Å². The van der Waals surface area contributed by atoms with Gasteiger partial charge in [-0.2, -0.15) is 0 Å². The van der Waals surface area contributed by atoms with Crippen LogP contribution in [0.2, 0.25) is 0 Å². The standard InChI is InChI=1S/C16H20O3/c17-13-5-7-14(8-6-13)19-11-12-9-10-18-16-4-2-1-3-15(12)16/h1-4,12,14H,5-11H2. The molecule has 0 bridgehead atoms. The van der Waals surface area contributed by atoms with Crippen molar-refractivity contribution in [3.05, 3.63) is 29.8 Å². The van der Waals surface area contributed by atoms with Gasteiger partial charge in [0.1, 0.15) is 11.5 Å². The molecule has 0 N–H and O–H groups in total. The Kier molecular flexibility index (Phi) is 3.83. The molecular weight excluding hydrogens is 240 g/mol. The highest BCUT2D eigenvalue weighted by Crippen LogP contribution is 2.34. The third-order valence-electron chi connectivity index (χ3n) is 4.11. The predicted molar refractivity (Wildman–Crippen MR) is 72.5 cm³/mol. The molecular formula is C16H20O3. The number of rotatable bonds is 3. The highest BCUT2D eigenvalue weighted by molar-refractivity contribution is 5.79. The van der Waals surface area contributed by atoms with Crippen molar-refractivity contribution in [1.29, 1.82) is 0 Å². The van der Waals surface area contributed by atoms with E-state index in [-0.39, 0.29) is 6.10 Å². The van der Waals surface area contributed by atoms with Crippen molar-refractivity contribution in [2.75, 3.05) is 13.2 Å². The summed E-state index contributed by atoms with van der Waals surface area (Å²) >= 11 is 0. The summed E-state index contributed by atoms with van der Waals surface area (Å²) in [4.78, 5) is 11.2. The second-order valence-electron chi connectivity index (χ2n) is 5.44. The summed E-state index contributed by atoms with van der Waals surface area (Å²) in [6.45, 7) is 1.52. The molecule has 3 rings (SSSR count). The van der Waals surface area contributed by atoms with Gasteiger partial charge in [0.05, 0.1) is 19.3 Å². The summed E-state index contributed by atoms with van der Waals surface area (Å²) < 4.78 is 11.7.